The molecule has 6 heteroatoms. The van der Waals surface area contributed by atoms with Crippen molar-refractivity contribution in [2.75, 3.05) is 12.8 Å². The van der Waals surface area contributed by atoms with Gasteiger partial charge in [-0.1, -0.05) is 35.8 Å². The SMILES string of the molecule is CC(C)CC(Br)CNC(=O)c1cccc(S(C)(=O)=O)c1. The normalized spacial score (nSPS) is 13.2. The zero-order valence-corrected chi connectivity index (χ0v) is 14.3. The lowest BCUT2D eigenvalue weighted by Gasteiger charge is -2.13. The van der Waals surface area contributed by atoms with E-state index in [1.807, 2.05) is 0 Å². The van der Waals surface area contributed by atoms with Gasteiger partial charge in [0.05, 0.1) is 4.90 Å². The summed E-state index contributed by atoms with van der Waals surface area (Å²) in [6.07, 6.45) is 2.09. The van der Waals surface area contributed by atoms with Crippen molar-refractivity contribution in [1.29, 1.82) is 0 Å². The highest BCUT2D eigenvalue weighted by Crippen LogP contribution is 2.13. The minimum atomic E-state index is -3.30. The number of nitrogens with one attached hydrogen (secondary N) is 1. The molecule has 20 heavy (non-hydrogen) atoms. The number of rotatable bonds is 6. The molecule has 0 aliphatic rings. The van der Waals surface area contributed by atoms with Crippen LogP contribution in [0.15, 0.2) is 29.2 Å². The van der Waals surface area contributed by atoms with Crippen molar-refractivity contribution in [1.82, 2.24) is 5.32 Å². The molecule has 0 saturated heterocycles. The second-order valence-corrected chi connectivity index (χ2v) is 8.55. The third-order valence-corrected chi connectivity index (χ3v) is 4.54. The number of sulfone groups is 1. The zero-order chi connectivity index (χ0) is 15.3. The first-order chi connectivity index (χ1) is 9.20. The van der Waals surface area contributed by atoms with E-state index < -0.39 is 9.84 Å². The molecular weight excluding hydrogens is 342 g/mol. The molecule has 4 nitrogen and oxygen atoms in total. The molecule has 0 fully saturated rings. The fourth-order valence-corrected chi connectivity index (χ4v) is 3.34. The minimum Gasteiger partial charge on any atom is -0.351 e. The summed E-state index contributed by atoms with van der Waals surface area (Å²) >= 11 is 3.52. The van der Waals surface area contributed by atoms with Crippen LogP contribution in [0.4, 0.5) is 0 Å². The van der Waals surface area contributed by atoms with Crippen LogP contribution in [0.1, 0.15) is 30.6 Å². The van der Waals surface area contributed by atoms with Crippen molar-refractivity contribution < 1.29 is 13.2 Å². The number of hydrogen-bond donors (Lipinski definition) is 1. The molecule has 0 aliphatic heterocycles. The average Bonchev–Trinajstić information content (AvgIpc) is 2.34. The van der Waals surface area contributed by atoms with Crippen molar-refractivity contribution in [2.45, 2.75) is 30.0 Å². The Kier molecular flexibility index (Phi) is 6.20. The Morgan fingerprint density at radius 1 is 1.35 bits per heavy atom. The van der Waals surface area contributed by atoms with Crippen LogP contribution in [0, 0.1) is 5.92 Å². The number of carbonyl (C=O) groups is 1. The van der Waals surface area contributed by atoms with Gasteiger partial charge in [0.25, 0.3) is 5.91 Å². The lowest BCUT2D eigenvalue weighted by atomic mass is 10.1. The molecule has 1 atom stereocenters. The van der Waals surface area contributed by atoms with Crippen LogP contribution in [-0.2, 0) is 9.84 Å². The molecule has 0 radical (unpaired) electrons. The Hall–Kier alpha value is -0.880. The molecule has 1 unspecified atom stereocenters. The van der Waals surface area contributed by atoms with E-state index in [0.29, 0.717) is 18.0 Å². The molecule has 1 rings (SSSR count). The van der Waals surface area contributed by atoms with Crippen LogP contribution in [0.5, 0.6) is 0 Å². The molecule has 0 aliphatic carbocycles. The van der Waals surface area contributed by atoms with Gasteiger partial charge < -0.3 is 5.32 Å². The van der Waals surface area contributed by atoms with Gasteiger partial charge in [0.15, 0.2) is 9.84 Å². The Balaban J connectivity index is 2.69. The minimum absolute atomic E-state index is 0.155. The van der Waals surface area contributed by atoms with E-state index in [1.165, 1.54) is 12.1 Å². The van der Waals surface area contributed by atoms with Gasteiger partial charge in [-0.25, -0.2) is 8.42 Å². The average molecular weight is 362 g/mol. The lowest BCUT2D eigenvalue weighted by Crippen LogP contribution is -2.30. The van der Waals surface area contributed by atoms with Gasteiger partial charge in [0.1, 0.15) is 0 Å². The standard InChI is InChI=1S/C14H20BrNO3S/c1-10(2)7-12(15)9-16-14(17)11-5-4-6-13(8-11)20(3,18)19/h4-6,8,10,12H,7,9H2,1-3H3,(H,16,17). The molecule has 1 aromatic rings. The van der Waals surface area contributed by atoms with Crippen LogP contribution in [-0.4, -0.2) is 32.0 Å². The number of hydrogen-bond acceptors (Lipinski definition) is 3. The van der Waals surface area contributed by atoms with E-state index >= 15 is 0 Å². The number of halogens is 1. The summed E-state index contributed by atoms with van der Waals surface area (Å²) in [5.41, 5.74) is 0.358. The van der Waals surface area contributed by atoms with Crippen LogP contribution in [0.3, 0.4) is 0 Å². The Bertz CT molecular complexity index is 570. The summed E-state index contributed by atoms with van der Waals surface area (Å²) in [4.78, 5) is 12.4. The van der Waals surface area contributed by atoms with Gasteiger partial charge in [-0.2, -0.15) is 0 Å². The molecule has 0 aromatic heterocycles. The number of benzene rings is 1. The van der Waals surface area contributed by atoms with Gasteiger partial charge in [-0.15, -0.1) is 0 Å². The zero-order valence-electron chi connectivity index (χ0n) is 11.9. The summed E-state index contributed by atoms with van der Waals surface area (Å²) in [5.74, 6) is 0.286. The van der Waals surface area contributed by atoms with E-state index in [9.17, 15) is 13.2 Å². The van der Waals surface area contributed by atoms with Crippen LogP contribution in [0.25, 0.3) is 0 Å². The van der Waals surface area contributed by atoms with E-state index in [2.05, 4.69) is 35.1 Å². The molecular formula is C14H20BrNO3S. The van der Waals surface area contributed by atoms with Gasteiger partial charge in [0.2, 0.25) is 0 Å². The van der Waals surface area contributed by atoms with E-state index in [0.717, 1.165) is 12.7 Å². The molecule has 0 saturated carbocycles. The van der Waals surface area contributed by atoms with Crippen LogP contribution < -0.4 is 5.32 Å². The summed E-state index contributed by atoms with van der Waals surface area (Å²) < 4.78 is 22.9. The maximum Gasteiger partial charge on any atom is 0.251 e. The monoisotopic (exact) mass is 361 g/mol. The third-order valence-electron chi connectivity index (χ3n) is 2.74. The van der Waals surface area contributed by atoms with Crippen LogP contribution >= 0.6 is 15.9 Å². The van der Waals surface area contributed by atoms with Crippen molar-refractivity contribution in [3.63, 3.8) is 0 Å². The van der Waals surface area contributed by atoms with E-state index in [-0.39, 0.29) is 15.6 Å². The first-order valence-electron chi connectivity index (χ1n) is 6.42. The molecule has 1 aromatic carbocycles. The van der Waals surface area contributed by atoms with Crippen molar-refractivity contribution in [3.05, 3.63) is 29.8 Å². The quantitative estimate of drug-likeness (QED) is 0.792. The predicted octanol–water partition coefficient (Wildman–Crippen LogP) is 2.63. The van der Waals surface area contributed by atoms with Gasteiger partial charge in [-0.3, -0.25) is 4.79 Å². The summed E-state index contributed by atoms with van der Waals surface area (Å²) in [6.45, 7) is 4.75. The van der Waals surface area contributed by atoms with E-state index in [4.69, 9.17) is 0 Å². The van der Waals surface area contributed by atoms with Crippen molar-refractivity contribution >= 4 is 31.7 Å². The molecule has 0 heterocycles. The molecule has 1 amide bonds. The number of carbonyl (C=O) groups excluding carboxylic acids is 1. The number of alkyl halides is 1. The third kappa shape index (κ3) is 5.63. The fraction of sp³-hybridized carbons (Fsp3) is 0.500. The highest BCUT2D eigenvalue weighted by Gasteiger charge is 2.13. The summed E-state index contributed by atoms with van der Waals surface area (Å²) in [7, 11) is -3.30. The summed E-state index contributed by atoms with van der Waals surface area (Å²) in [6, 6.07) is 6.06. The van der Waals surface area contributed by atoms with Crippen LogP contribution in [0.2, 0.25) is 0 Å². The first kappa shape index (κ1) is 17.2. The fourth-order valence-electron chi connectivity index (χ4n) is 1.77. The van der Waals surface area contributed by atoms with Gasteiger partial charge in [-0.05, 0) is 30.5 Å². The maximum atomic E-state index is 12.0. The number of amides is 1. The largest absolute Gasteiger partial charge is 0.351 e. The summed E-state index contributed by atoms with van der Waals surface area (Å²) in [5, 5.41) is 2.80. The second kappa shape index (κ2) is 7.22. The van der Waals surface area contributed by atoms with Gasteiger partial charge in [0, 0.05) is 23.2 Å². The highest BCUT2D eigenvalue weighted by atomic mass is 79.9. The Labute approximate surface area is 129 Å². The molecule has 0 spiro atoms. The topological polar surface area (TPSA) is 63.2 Å². The lowest BCUT2D eigenvalue weighted by molar-refractivity contribution is 0.0953. The molecule has 0 bridgehead atoms. The van der Waals surface area contributed by atoms with Gasteiger partial charge >= 0.3 is 0 Å². The Morgan fingerprint density at radius 3 is 2.55 bits per heavy atom. The highest BCUT2D eigenvalue weighted by molar-refractivity contribution is 9.09. The maximum absolute atomic E-state index is 12.0. The Morgan fingerprint density at radius 2 is 2.00 bits per heavy atom. The predicted molar refractivity (Wildman–Crippen MR) is 84.1 cm³/mol. The molecule has 112 valence electrons. The van der Waals surface area contributed by atoms with Crippen molar-refractivity contribution in [3.8, 4) is 0 Å². The van der Waals surface area contributed by atoms with E-state index in [1.54, 1.807) is 12.1 Å². The second-order valence-electron chi connectivity index (χ2n) is 5.24. The smallest absolute Gasteiger partial charge is 0.251 e. The van der Waals surface area contributed by atoms with Crippen molar-refractivity contribution in [2.24, 2.45) is 5.92 Å². The molecule has 1 N–H and O–H groups in total. The first-order valence-corrected chi connectivity index (χ1v) is 9.23.